The Bertz CT molecular complexity index is 660. The van der Waals surface area contributed by atoms with Crippen LogP contribution in [-0.2, 0) is 25.6 Å². The molecule has 7 N–H and O–H groups in total. The van der Waals surface area contributed by atoms with Crippen molar-refractivity contribution in [3.8, 4) is 5.75 Å². The lowest BCUT2D eigenvalue weighted by atomic mass is 10.1. The van der Waals surface area contributed by atoms with Crippen molar-refractivity contribution in [2.24, 2.45) is 5.73 Å². The third-order valence-electron chi connectivity index (χ3n) is 3.44. The number of hydrogen-bond donors (Lipinski definition) is 6. The largest absolute Gasteiger partial charge is 0.508 e. The summed E-state index contributed by atoms with van der Waals surface area (Å²) >= 11 is 0. The van der Waals surface area contributed by atoms with Crippen LogP contribution < -0.4 is 16.4 Å². The van der Waals surface area contributed by atoms with E-state index in [0.29, 0.717) is 5.56 Å². The monoisotopic (exact) mass is 367 g/mol. The first-order valence-electron chi connectivity index (χ1n) is 7.74. The number of nitrogens with one attached hydrogen (secondary N) is 2. The van der Waals surface area contributed by atoms with Gasteiger partial charge in [0, 0.05) is 12.8 Å². The second-order valence-electron chi connectivity index (χ2n) is 5.59. The van der Waals surface area contributed by atoms with Crippen LogP contribution in [0.3, 0.4) is 0 Å². The molecular weight excluding hydrogens is 346 g/mol. The molecule has 0 bridgehead atoms. The molecule has 2 atom stereocenters. The molecule has 0 fully saturated rings. The molecule has 0 heterocycles. The number of amides is 2. The minimum absolute atomic E-state index is 0.00652. The SMILES string of the molecule is N[C@@H](CCC(=O)O)C(=O)NCC(=O)N[C@@H](Cc1ccc(O)cc1)C(=O)O. The van der Waals surface area contributed by atoms with Gasteiger partial charge in [-0.05, 0) is 24.1 Å². The number of carboxylic acid groups (broad SMARTS) is 2. The van der Waals surface area contributed by atoms with Crippen LogP contribution >= 0.6 is 0 Å². The molecule has 0 aromatic heterocycles. The average molecular weight is 367 g/mol. The molecule has 26 heavy (non-hydrogen) atoms. The summed E-state index contributed by atoms with van der Waals surface area (Å²) in [6.07, 6.45) is -0.372. The van der Waals surface area contributed by atoms with Crippen molar-refractivity contribution in [2.75, 3.05) is 6.54 Å². The highest BCUT2D eigenvalue weighted by Gasteiger charge is 2.21. The van der Waals surface area contributed by atoms with Gasteiger partial charge in [-0.1, -0.05) is 12.1 Å². The average Bonchev–Trinajstić information content (AvgIpc) is 2.58. The second-order valence-corrected chi connectivity index (χ2v) is 5.59. The summed E-state index contributed by atoms with van der Waals surface area (Å²) in [4.78, 5) is 45.2. The molecule has 0 radical (unpaired) electrons. The van der Waals surface area contributed by atoms with Crippen molar-refractivity contribution in [1.82, 2.24) is 10.6 Å². The number of aromatic hydroxyl groups is 1. The third-order valence-corrected chi connectivity index (χ3v) is 3.44. The number of aliphatic carboxylic acids is 2. The maximum absolute atomic E-state index is 11.8. The molecule has 10 nitrogen and oxygen atoms in total. The minimum Gasteiger partial charge on any atom is -0.508 e. The Labute approximate surface area is 149 Å². The standard InChI is InChI=1S/C16H21N3O7/c17-11(5-6-14(22)23)15(24)18-8-13(21)19-12(16(25)26)7-9-1-3-10(20)4-2-9/h1-4,11-12,20H,5-8,17H2,(H,18,24)(H,19,21)(H,22,23)(H,25,26)/t11-,12-/m0/s1. The number of carbonyl (C=O) groups is 4. The van der Waals surface area contributed by atoms with E-state index in [2.05, 4.69) is 10.6 Å². The predicted octanol–water partition coefficient (Wildman–Crippen LogP) is -1.19. The fourth-order valence-corrected chi connectivity index (χ4v) is 2.02. The van der Waals surface area contributed by atoms with E-state index in [-0.39, 0.29) is 25.0 Å². The molecule has 2 amide bonds. The van der Waals surface area contributed by atoms with E-state index in [1.807, 2.05) is 0 Å². The Hall–Kier alpha value is -3.14. The summed E-state index contributed by atoms with van der Waals surface area (Å²) in [5.41, 5.74) is 6.09. The van der Waals surface area contributed by atoms with Crippen LogP contribution in [0.1, 0.15) is 18.4 Å². The Morgan fingerprint density at radius 3 is 2.23 bits per heavy atom. The molecule has 142 valence electrons. The molecule has 1 aromatic carbocycles. The Morgan fingerprint density at radius 2 is 1.69 bits per heavy atom. The Morgan fingerprint density at radius 1 is 1.08 bits per heavy atom. The van der Waals surface area contributed by atoms with Gasteiger partial charge in [0.05, 0.1) is 12.6 Å². The van der Waals surface area contributed by atoms with Crippen molar-refractivity contribution in [1.29, 1.82) is 0 Å². The van der Waals surface area contributed by atoms with E-state index < -0.39 is 42.4 Å². The summed E-state index contributed by atoms with van der Waals surface area (Å²) in [7, 11) is 0. The molecule has 0 saturated heterocycles. The maximum Gasteiger partial charge on any atom is 0.326 e. The highest BCUT2D eigenvalue weighted by Crippen LogP contribution is 2.11. The van der Waals surface area contributed by atoms with Crippen LogP contribution in [0.4, 0.5) is 0 Å². The van der Waals surface area contributed by atoms with E-state index in [1.165, 1.54) is 24.3 Å². The smallest absolute Gasteiger partial charge is 0.326 e. The number of nitrogens with two attached hydrogens (primary N) is 1. The molecule has 0 aliphatic rings. The first kappa shape index (κ1) is 20.9. The van der Waals surface area contributed by atoms with Gasteiger partial charge in [0.1, 0.15) is 11.8 Å². The molecular formula is C16H21N3O7. The van der Waals surface area contributed by atoms with Gasteiger partial charge in [0.25, 0.3) is 0 Å². The minimum atomic E-state index is -1.25. The first-order valence-corrected chi connectivity index (χ1v) is 7.74. The summed E-state index contributed by atoms with van der Waals surface area (Å²) < 4.78 is 0. The predicted molar refractivity (Wildman–Crippen MR) is 89.2 cm³/mol. The molecule has 0 unspecified atom stereocenters. The Balaban J connectivity index is 2.49. The quantitative estimate of drug-likeness (QED) is 0.299. The van der Waals surface area contributed by atoms with Gasteiger partial charge in [0.2, 0.25) is 11.8 Å². The lowest BCUT2D eigenvalue weighted by Gasteiger charge is -2.16. The van der Waals surface area contributed by atoms with Crippen molar-refractivity contribution < 1.29 is 34.5 Å². The van der Waals surface area contributed by atoms with Crippen molar-refractivity contribution >= 4 is 23.8 Å². The third kappa shape index (κ3) is 7.62. The second kappa shape index (κ2) is 9.99. The van der Waals surface area contributed by atoms with Gasteiger partial charge < -0.3 is 31.7 Å². The van der Waals surface area contributed by atoms with Crippen LogP contribution in [0.2, 0.25) is 0 Å². The molecule has 0 spiro atoms. The molecule has 0 aliphatic heterocycles. The molecule has 0 saturated carbocycles. The van der Waals surface area contributed by atoms with Gasteiger partial charge in [0.15, 0.2) is 0 Å². The lowest BCUT2D eigenvalue weighted by molar-refractivity contribution is -0.141. The van der Waals surface area contributed by atoms with Crippen LogP contribution in [0.25, 0.3) is 0 Å². The van der Waals surface area contributed by atoms with E-state index in [9.17, 15) is 29.4 Å². The number of carboxylic acids is 2. The molecule has 1 aromatic rings. The van der Waals surface area contributed by atoms with E-state index in [1.54, 1.807) is 0 Å². The number of carbonyl (C=O) groups excluding carboxylic acids is 2. The van der Waals surface area contributed by atoms with Crippen molar-refractivity contribution in [2.45, 2.75) is 31.3 Å². The van der Waals surface area contributed by atoms with Crippen molar-refractivity contribution in [3.05, 3.63) is 29.8 Å². The van der Waals surface area contributed by atoms with Crippen LogP contribution in [-0.4, -0.2) is 57.7 Å². The zero-order chi connectivity index (χ0) is 19.7. The highest BCUT2D eigenvalue weighted by atomic mass is 16.4. The van der Waals surface area contributed by atoms with E-state index in [0.717, 1.165) is 0 Å². The number of hydrogen-bond acceptors (Lipinski definition) is 6. The molecule has 0 aliphatic carbocycles. The zero-order valence-electron chi connectivity index (χ0n) is 13.8. The fraction of sp³-hybridized carbons (Fsp3) is 0.375. The van der Waals surface area contributed by atoms with Crippen molar-refractivity contribution in [3.63, 3.8) is 0 Å². The summed E-state index contributed by atoms with van der Waals surface area (Å²) in [5, 5.41) is 31.4. The molecule has 1 rings (SSSR count). The van der Waals surface area contributed by atoms with Gasteiger partial charge in [-0.25, -0.2) is 4.79 Å². The van der Waals surface area contributed by atoms with Crippen LogP contribution in [0.15, 0.2) is 24.3 Å². The first-order chi connectivity index (χ1) is 12.2. The normalized spacial score (nSPS) is 12.7. The van der Waals surface area contributed by atoms with Crippen LogP contribution in [0.5, 0.6) is 5.75 Å². The van der Waals surface area contributed by atoms with Crippen LogP contribution in [0, 0.1) is 0 Å². The van der Waals surface area contributed by atoms with E-state index in [4.69, 9.17) is 10.8 Å². The zero-order valence-corrected chi connectivity index (χ0v) is 13.8. The number of rotatable bonds is 10. The number of benzene rings is 1. The maximum atomic E-state index is 11.8. The summed E-state index contributed by atoms with van der Waals surface area (Å²) in [5.74, 6) is -3.74. The van der Waals surface area contributed by atoms with Gasteiger partial charge in [-0.15, -0.1) is 0 Å². The van der Waals surface area contributed by atoms with Gasteiger partial charge >= 0.3 is 11.9 Å². The molecule has 10 heteroatoms. The van der Waals surface area contributed by atoms with Gasteiger partial charge in [-0.3, -0.25) is 14.4 Å². The van der Waals surface area contributed by atoms with Gasteiger partial charge in [-0.2, -0.15) is 0 Å². The fourth-order valence-electron chi connectivity index (χ4n) is 2.02. The Kier molecular flexibility index (Phi) is 8.03. The lowest BCUT2D eigenvalue weighted by Crippen LogP contribution is -2.49. The number of phenolic OH excluding ortho intramolecular Hbond substituents is 1. The summed E-state index contributed by atoms with van der Waals surface area (Å²) in [6.45, 7) is -0.487. The number of phenols is 1. The highest BCUT2D eigenvalue weighted by molar-refractivity contribution is 5.89. The van der Waals surface area contributed by atoms with E-state index >= 15 is 0 Å². The summed E-state index contributed by atoms with van der Waals surface area (Å²) in [6, 6.07) is 3.56. The topological polar surface area (TPSA) is 179 Å².